The van der Waals surface area contributed by atoms with E-state index in [1.54, 1.807) is 0 Å². The van der Waals surface area contributed by atoms with Gasteiger partial charge in [0.1, 0.15) is 11.6 Å². The molecule has 1 unspecified atom stereocenters. The first-order valence-corrected chi connectivity index (χ1v) is 3.66. The van der Waals surface area contributed by atoms with Crippen LogP contribution in [-0.4, -0.2) is 26.8 Å². The molecule has 0 spiro atoms. The number of ketones is 1. The van der Waals surface area contributed by atoms with E-state index in [4.69, 9.17) is 5.11 Å². The lowest BCUT2D eigenvalue weighted by molar-refractivity contribution is -0.139. The summed E-state index contributed by atoms with van der Waals surface area (Å²) < 4.78 is 0. The highest BCUT2D eigenvalue weighted by Crippen LogP contribution is 2.04. The van der Waals surface area contributed by atoms with Crippen LogP contribution in [0.15, 0.2) is 18.6 Å². The average molecular weight is 180 g/mol. The van der Waals surface area contributed by atoms with Gasteiger partial charge in [0.15, 0.2) is 5.78 Å². The zero-order valence-corrected chi connectivity index (χ0v) is 6.97. The van der Waals surface area contributed by atoms with Crippen LogP contribution in [0.3, 0.4) is 0 Å². The molecule has 1 rings (SSSR count). The summed E-state index contributed by atoms with van der Waals surface area (Å²) in [6.07, 6.45) is 4.02. The fourth-order valence-corrected chi connectivity index (χ4v) is 0.760. The lowest BCUT2D eigenvalue weighted by atomic mass is 10.1. The topological polar surface area (TPSA) is 80.1 Å². The van der Waals surface area contributed by atoms with Crippen LogP contribution < -0.4 is 0 Å². The molecule has 1 aromatic rings. The molecule has 1 N–H and O–H groups in total. The molecular weight excluding hydrogens is 172 g/mol. The SMILES string of the molecule is CC(C(=O)O)C(=O)c1cnccn1. The Morgan fingerprint density at radius 3 is 2.62 bits per heavy atom. The van der Waals surface area contributed by atoms with Crippen molar-refractivity contribution in [3.05, 3.63) is 24.3 Å². The number of carboxylic acid groups (broad SMARTS) is 1. The first-order chi connectivity index (χ1) is 6.13. The van der Waals surface area contributed by atoms with E-state index in [1.165, 1.54) is 25.5 Å². The second-order valence-corrected chi connectivity index (χ2v) is 2.51. The Bertz CT molecular complexity index is 323. The van der Waals surface area contributed by atoms with Crippen molar-refractivity contribution in [3.8, 4) is 0 Å². The summed E-state index contributed by atoms with van der Waals surface area (Å²) >= 11 is 0. The van der Waals surface area contributed by atoms with Gasteiger partial charge in [-0.15, -0.1) is 0 Å². The number of carbonyl (C=O) groups excluding carboxylic acids is 1. The number of carbonyl (C=O) groups is 2. The summed E-state index contributed by atoms with van der Waals surface area (Å²) in [5.41, 5.74) is 0.0809. The van der Waals surface area contributed by atoms with Gasteiger partial charge in [0.05, 0.1) is 6.20 Å². The third kappa shape index (κ3) is 2.08. The van der Waals surface area contributed by atoms with E-state index in [2.05, 4.69) is 9.97 Å². The quantitative estimate of drug-likeness (QED) is 0.537. The molecule has 5 heteroatoms. The van der Waals surface area contributed by atoms with Crippen LogP contribution in [0.4, 0.5) is 0 Å². The van der Waals surface area contributed by atoms with Gasteiger partial charge in [0, 0.05) is 12.4 Å². The third-order valence-electron chi connectivity index (χ3n) is 1.58. The van der Waals surface area contributed by atoms with Crippen LogP contribution in [-0.2, 0) is 4.79 Å². The molecule has 0 aromatic carbocycles. The van der Waals surface area contributed by atoms with Crippen LogP contribution >= 0.6 is 0 Å². The minimum Gasteiger partial charge on any atom is -0.481 e. The maximum Gasteiger partial charge on any atom is 0.314 e. The maximum atomic E-state index is 11.3. The largest absolute Gasteiger partial charge is 0.481 e. The van der Waals surface area contributed by atoms with E-state index < -0.39 is 17.7 Å². The molecule has 0 fully saturated rings. The highest BCUT2D eigenvalue weighted by Gasteiger charge is 2.22. The van der Waals surface area contributed by atoms with E-state index >= 15 is 0 Å². The monoisotopic (exact) mass is 180 g/mol. The van der Waals surface area contributed by atoms with Crippen molar-refractivity contribution in [1.82, 2.24) is 9.97 Å². The summed E-state index contributed by atoms with van der Waals surface area (Å²) in [4.78, 5) is 29.1. The van der Waals surface area contributed by atoms with Crippen LogP contribution in [0, 0.1) is 5.92 Å². The lowest BCUT2D eigenvalue weighted by Crippen LogP contribution is -2.21. The van der Waals surface area contributed by atoms with Gasteiger partial charge in [-0.3, -0.25) is 14.6 Å². The number of nitrogens with zero attached hydrogens (tertiary/aromatic N) is 2. The van der Waals surface area contributed by atoms with E-state index in [-0.39, 0.29) is 5.69 Å². The van der Waals surface area contributed by atoms with Gasteiger partial charge in [0.25, 0.3) is 0 Å². The van der Waals surface area contributed by atoms with Crippen molar-refractivity contribution in [2.75, 3.05) is 0 Å². The molecular formula is C8H8N2O3. The Kier molecular flexibility index (Phi) is 2.69. The first-order valence-electron chi connectivity index (χ1n) is 3.66. The molecule has 0 radical (unpaired) electrons. The second kappa shape index (κ2) is 3.75. The molecule has 0 aliphatic carbocycles. The minimum absolute atomic E-state index is 0.0809. The molecule has 0 aliphatic heterocycles. The van der Waals surface area contributed by atoms with E-state index in [9.17, 15) is 9.59 Å². The Morgan fingerprint density at radius 1 is 1.46 bits per heavy atom. The number of aromatic nitrogens is 2. The van der Waals surface area contributed by atoms with Crippen molar-refractivity contribution in [1.29, 1.82) is 0 Å². The molecule has 0 saturated carbocycles. The standard InChI is InChI=1S/C8H8N2O3/c1-5(8(12)13)7(11)6-4-9-2-3-10-6/h2-5H,1H3,(H,12,13). The first kappa shape index (κ1) is 9.31. The van der Waals surface area contributed by atoms with Crippen LogP contribution in [0.5, 0.6) is 0 Å². The Labute approximate surface area is 74.4 Å². The molecule has 1 aromatic heterocycles. The normalized spacial score (nSPS) is 12.1. The molecule has 13 heavy (non-hydrogen) atoms. The van der Waals surface area contributed by atoms with Gasteiger partial charge >= 0.3 is 5.97 Å². The average Bonchev–Trinajstić information content (AvgIpc) is 2.17. The van der Waals surface area contributed by atoms with Crippen molar-refractivity contribution in [2.24, 2.45) is 5.92 Å². The van der Waals surface area contributed by atoms with Crippen molar-refractivity contribution in [2.45, 2.75) is 6.92 Å². The molecule has 68 valence electrons. The van der Waals surface area contributed by atoms with Crippen molar-refractivity contribution < 1.29 is 14.7 Å². The molecule has 0 amide bonds. The smallest absolute Gasteiger partial charge is 0.314 e. The molecule has 1 heterocycles. The van der Waals surface area contributed by atoms with E-state index in [0.29, 0.717) is 0 Å². The molecule has 1 atom stereocenters. The summed E-state index contributed by atoms with van der Waals surface area (Å²) in [5.74, 6) is -2.76. The van der Waals surface area contributed by atoms with Gasteiger partial charge < -0.3 is 5.11 Å². The zero-order chi connectivity index (χ0) is 9.84. The maximum absolute atomic E-state index is 11.3. The van der Waals surface area contributed by atoms with Crippen LogP contribution in [0.2, 0.25) is 0 Å². The van der Waals surface area contributed by atoms with Gasteiger partial charge in [-0.1, -0.05) is 0 Å². The summed E-state index contributed by atoms with van der Waals surface area (Å²) in [5, 5.41) is 8.54. The van der Waals surface area contributed by atoms with Crippen LogP contribution in [0.1, 0.15) is 17.4 Å². The van der Waals surface area contributed by atoms with Gasteiger partial charge in [0.2, 0.25) is 0 Å². The number of hydrogen-bond donors (Lipinski definition) is 1. The van der Waals surface area contributed by atoms with Crippen LogP contribution in [0.25, 0.3) is 0 Å². The number of Topliss-reactive ketones (excluding diaryl/α,β-unsaturated/α-hetero) is 1. The molecule has 0 saturated heterocycles. The molecule has 5 nitrogen and oxygen atoms in total. The number of carboxylic acids is 1. The van der Waals surface area contributed by atoms with E-state index in [0.717, 1.165) is 0 Å². The lowest BCUT2D eigenvalue weighted by Gasteiger charge is -2.02. The summed E-state index contributed by atoms with van der Waals surface area (Å²) in [7, 11) is 0. The Balaban J connectivity index is 2.86. The van der Waals surface area contributed by atoms with Gasteiger partial charge in [-0.2, -0.15) is 0 Å². The van der Waals surface area contributed by atoms with Gasteiger partial charge in [-0.05, 0) is 6.92 Å². The number of hydrogen-bond acceptors (Lipinski definition) is 4. The minimum atomic E-state index is -1.16. The predicted molar refractivity (Wildman–Crippen MR) is 43.2 cm³/mol. The fourth-order valence-electron chi connectivity index (χ4n) is 0.760. The van der Waals surface area contributed by atoms with Crippen molar-refractivity contribution >= 4 is 11.8 Å². The second-order valence-electron chi connectivity index (χ2n) is 2.51. The third-order valence-corrected chi connectivity index (χ3v) is 1.58. The predicted octanol–water partition coefficient (Wildman–Crippen LogP) is 0.380. The number of aliphatic carboxylic acids is 1. The van der Waals surface area contributed by atoms with Gasteiger partial charge in [-0.25, -0.2) is 4.98 Å². The summed E-state index contributed by atoms with van der Waals surface area (Å²) in [6, 6.07) is 0. The number of rotatable bonds is 3. The Hall–Kier alpha value is -1.78. The highest BCUT2D eigenvalue weighted by molar-refractivity contribution is 6.06. The Morgan fingerprint density at radius 2 is 2.15 bits per heavy atom. The fraction of sp³-hybridized carbons (Fsp3) is 0.250. The van der Waals surface area contributed by atoms with E-state index in [1.807, 2.05) is 0 Å². The highest BCUT2D eigenvalue weighted by atomic mass is 16.4. The zero-order valence-electron chi connectivity index (χ0n) is 6.97. The molecule has 0 aliphatic rings. The summed E-state index contributed by atoms with van der Waals surface area (Å²) in [6.45, 7) is 1.32. The van der Waals surface area contributed by atoms with Crippen molar-refractivity contribution in [3.63, 3.8) is 0 Å². The molecule has 0 bridgehead atoms.